The third kappa shape index (κ3) is 4.16. The van der Waals surface area contributed by atoms with Crippen molar-refractivity contribution < 1.29 is 19.0 Å². The average Bonchev–Trinajstić information content (AvgIpc) is 2.39. The third-order valence-electron chi connectivity index (χ3n) is 3.87. The van der Waals surface area contributed by atoms with Crippen LogP contribution in [0, 0.1) is 5.92 Å². The highest BCUT2D eigenvalue weighted by molar-refractivity contribution is 5.71. The van der Waals surface area contributed by atoms with Gasteiger partial charge in [0.15, 0.2) is 0 Å². The Hall–Kier alpha value is -0.650. The van der Waals surface area contributed by atoms with E-state index in [2.05, 4.69) is 18.7 Å². The lowest BCUT2D eigenvalue weighted by molar-refractivity contribution is -0.152. The first-order chi connectivity index (χ1) is 9.06. The summed E-state index contributed by atoms with van der Waals surface area (Å²) in [6.45, 7) is 10.1. The van der Waals surface area contributed by atoms with Crippen molar-refractivity contribution in [3.05, 3.63) is 0 Å². The number of esters is 1. The van der Waals surface area contributed by atoms with Crippen LogP contribution >= 0.6 is 0 Å². The van der Waals surface area contributed by atoms with Crippen molar-refractivity contribution in [1.29, 1.82) is 0 Å². The van der Waals surface area contributed by atoms with E-state index < -0.39 is 0 Å². The quantitative estimate of drug-likeness (QED) is 0.655. The molecule has 0 N–H and O–H groups in total. The van der Waals surface area contributed by atoms with E-state index in [1.165, 1.54) is 0 Å². The van der Waals surface area contributed by atoms with Gasteiger partial charge in [-0.05, 0) is 12.8 Å². The van der Waals surface area contributed by atoms with Crippen molar-refractivity contribution in [1.82, 2.24) is 4.90 Å². The normalized spacial score (nSPS) is 20.3. The molecule has 1 unspecified atom stereocenters. The monoisotopic (exact) mass is 273 g/mol. The van der Waals surface area contributed by atoms with Gasteiger partial charge in [-0.3, -0.25) is 9.69 Å². The molecule has 0 aromatic heterocycles. The first-order valence-corrected chi connectivity index (χ1v) is 7.04. The van der Waals surface area contributed by atoms with Gasteiger partial charge >= 0.3 is 5.97 Å². The maximum Gasteiger partial charge on any atom is 0.307 e. The second-order valence-electron chi connectivity index (χ2n) is 5.27. The highest BCUT2D eigenvalue weighted by Gasteiger charge is 2.42. The first-order valence-electron chi connectivity index (χ1n) is 7.04. The summed E-state index contributed by atoms with van der Waals surface area (Å²) >= 11 is 0. The van der Waals surface area contributed by atoms with Crippen molar-refractivity contribution in [3.8, 4) is 0 Å². The Kier molecular flexibility index (Phi) is 6.75. The number of ether oxygens (including phenoxy) is 3. The smallest absolute Gasteiger partial charge is 0.307 e. The molecule has 5 heteroatoms. The largest absolute Gasteiger partial charge is 0.466 e. The molecule has 19 heavy (non-hydrogen) atoms. The van der Waals surface area contributed by atoms with Crippen LogP contribution in [0.15, 0.2) is 0 Å². The van der Waals surface area contributed by atoms with Crippen LogP contribution in [0.3, 0.4) is 0 Å². The molecule has 112 valence electrons. The van der Waals surface area contributed by atoms with Crippen molar-refractivity contribution >= 4 is 5.97 Å². The lowest BCUT2D eigenvalue weighted by atomic mass is 9.81. The Morgan fingerprint density at radius 1 is 1.37 bits per heavy atom. The van der Waals surface area contributed by atoms with E-state index in [9.17, 15) is 4.79 Å². The molecule has 1 aliphatic heterocycles. The number of rotatable bonds is 7. The van der Waals surface area contributed by atoms with Gasteiger partial charge in [-0.25, -0.2) is 0 Å². The Labute approximate surface area is 116 Å². The average molecular weight is 273 g/mol. The van der Waals surface area contributed by atoms with E-state index in [-0.39, 0.29) is 11.5 Å². The van der Waals surface area contributed by atoms with Gasteiger partial charge in [-0.15, -0.1) is 0 Å². The van der Waals surface area contributed by atoms with Gasteiger partial charge in [-0.1, -0.05) is 13.8 Å². The van der Waals surface area contributed by atoms with E-state index in [0.717, 1.165) is 13.1 Å². The summed E-state index contributed by atoms with van der Waals surface area (Å²) in [5.74, 6) is 0.148. The van der Waals surface area contributed by atoms with Gasteiger partial charge in [0, 0.05) is 20.2 Å². The molecule has 0 radical (unpaired) electrons. The standard InChI is InChI=1S/C14H27NO4/c1-5-19-13(16)10-14(11-17-4,12(2)3)15-6-8-18-9-7-15/h12H,5-11H2,1-4H3. The van der Waals surface area contributed by atoms with Gasteiger partial charge in [0.05, 0.1) is 38.4 Å². The number of nitrogens with zero attached hydrogens (tertiary/aromatic N) is 1. The first kappa shape index (κ1) is 16.4. The fourth-order valence-electron chi connectivity index (χ4n) is 2.71. The molecule has 0 aliphatic carbocycles. The van der Waals surface area contributed by atoms with E-state index in [1.807, 2.05) is 6.92 Å². The zero-order chi connectivity index (χ0) is 14.3. The highest BCUT2D eigenvalue weighted by atomic mass is 16.5. The maximum absolute atomic E-state index is 11.9. The molecule has 1 heterocycles. The molecular formula is C14H27NO4. The van der Waals surface area contributed by atoms with Crippen LogP contribution in [0.25, 0.3) is 0 Å². The molecule has 1 saturated heterocycles. The van der Waals surface area contributed by atoms with Crippen molar-refractivity contribution in [3.63, 3.8) is 0 Å². The second kappa shape index (κ2) is 7.82. The van der Waals surface area contributed by atoms with Gasteiger partial charge in [-0.2, -0.15) is 0 Å². The molecule has 5 nitrogen and oxygen atoms in total. The van der Waals surface area contributed by atoms with Crippen molar-refractivity contribution in [2.75, 3.05) is 46.6 Å². The Balaban J connectivity index is 2.88. The molecule has 1 atom stereocenters. The SMILES string of the molecule is CCOC(=O)CC(COC)(C(C)C)N1CCOCC1. The van der Waals surface area contributed by atoms with Crippen LogP contribution in [-0.4, -0.2) is 63.0 Å². The van der Waals surface area contributed by atoms with Gasteiger partial charge in [0.2, 0.25) is 0 Å². The van der Waals surface area contributed by atoms with Gasteiger partial charge in [0.25, 0.3) is 0 Å². The molecule has 1 aliphatic rings. The minimum atomic E-state index is -0.301. The molecule has 0 bridgehead atoms. The fourth-order valence-corrected chi connectivity index (χ4v) is 2.71. The van der Waals surface area contributed by atoms with E-state index in [1.54, 1.807) is 7.11 Å². The topological polar surface area (TPSA) is 48.0 Å². The van der Waals surface area contributed by atoms with Crippen molar-refractivity contribution in [2.45, 2.75) is 32.7 Å². The molecule has 1 rings (SSSR count). The molecule has 0 amide bonds. The predicted molar refractivity (Wildman–Crippen MR) is 73.1 cm³/mol. The van der Waals surface area contributed by atoms with Crippen molar-refractivity contribution in [2.24, 2.45) is 5.92 Å². The number of hydrogen-bond acceptors (Lipinski definition) is 5. The van der Waals surface area contributed by atoms with Crippen LogP contribution in [0.5, 0.6) is 0 Å². The summed E-state index contributed by atoms with van der Waals surface area (Å²) in [4.78, 5) is 14.3. The number of hydrogen-bond donors (Lipinski definition) is 0. The van der Waals surface area contributed by atoms with Gasteiger partial charge in [0.1, 0.15) is 0 Å². The Morgan fingerprint density at radius 2 is 2.00 bits per heavy atom. The highest BCUT2D eigenvalue weighted by Crippen LogP contribution is 2.30. The molecular weight excluding hydrogens is 246 g/mol. The lowest BCUT2D eigenvalue weighted by Gasteiger charge is -2.47. The van der Waals surface area contributed by atoms with E-state index >= 15 is 0 Å². The van der Waals surface area contributed by atoms with E-state index in [0.29, 0.717) is 38.8 Å². The van der Waals surface area contributed by atoms with Crippen LogP contribution in [-0.2, 0) is 19.0 Å². The summed E-state index contributed by atoms with van der Waals surface area (Å²) in [5, 5.41) is 0. The summed E-state index contributed by atoms with van der Waals surface area (Å²) in [7, 11) is 1.68. The van der Waals surface area contributed by atoms with Crippen LogP contribution in [0.1, 0.15) is 27.2 Å². The summed E-state index contributed by atoms with van der Waals surface area (Å²) in [6.07, 6.45) is 0.367. The van der Waals surface area contributed by atoms with Gasteiger partial charge < -0.3 is 14.2 Å². The van der Waals surface area contributed by atoms with Crippen LogP contribution in [0.4, 0.5) is 0 Å². The maximum atomic E-state index is 11.9. The number of carbonyl (C=O) groups is 1. The predicted octanol–water partition coefficient (Wildman–Crippen LogP) is 1.31. The van der Waals surface area contributed by atoms with Crippen LogP contribution < -0.4 is 0 Å². The summed E-state index contributed by atoms with van der Waals surface area (Å²) in [6, 6.07) is 0. The number of methoxy groups -OCH3 is 1. The number of carbonyl (C=O) groups excluding carboxylic acids is 1. The molecule has 0 aromatic carbocycles. The van der Waals surface area contributed by atoms with Crippen LogP contribution in [0.2, 0.25) is 0 Å². The second-order valence-corrected chi connectivity index (χ2v) is 5.27. The third-order valence-corrected chi connectivity index (χ3v) is 3.87. The number of morpholine rings is 1. The summed E-state index contributed by atoms with van der Waals surface area (Å²) in [5.41, 5.74) is -0.301. The molecule has 1 fully saturated rings. The molecule has 0 saturated carbocycles. The lowest BCUT2D eigenvalue weighted by Crippen LogP contribution is -2.60. The molecule has 0 aromatic rings. The summed E-state index contributed by atoms with van der Waals surface area (Å²) < 4.78 is 15.9. The fraction of sp³-hybridized carbons (Fsp3) is 0.929. The Bertz CT molecular complexity index is 277. The molecule has 0 spiro atoms. The Morgan fingerprint density at radius 3 is 2.47 bits per heavy atom. The van der Waals surface area contributed by atoms with E-state index in [4.69, 9.17) is 14.2 Å². The zero-order valence-electron chi connectivity index (χ0n) is 12.6. The zero-order valence-corrected chi connectivity index (χ0v) is 12.6. The minimum absolute atomic E-state index is 0.153. The minimum Gasteiger partial charge on any atom is -0.466 e.